The first kappa shape index (κ1) is 18.7. The summed E-state index contributed by atoms with van der Waals surface area (Å²) in [6.07, 6.45) is 1.60. The third kappa shape index (κ3) is 75.8. The lowest BCUT2D eigenvalue weighted by atomic mass is 10.8. The van der Waals surface area contributed by atoms with Crippen LogP contribution in [0.3, 0.4) is 0 Å². The Kier molecular flexibility index (Phi) is 25.7. The van der Waals surface area contributed by atoms with Crippen molar-refractivity contribution in [2.45, 2.75) is 0 Å². The van der Waals surface area contributed by atoms with Crippen molar-refractivity contribution in [2.75, 3.05) is 17.8 Å². The second-order valence-corrected chi connectivity index (χ2v) is 2.28. The highest BCUT2D eigenvalue weighted by molar-refractivity contribution is 7.93. The minimum Gasteiger partial charge on any atom is -0.481 e. The Hall–Kier alpha value is -0.0500. The number of carboxylic acid groups (broad SMARTS) is 2. The van der Waals surface area contributed by atoms with E-state index in [0.717, 1.165) is 12.0 Å². The molecule has 3 N–H and O–H groups in total. The van der Waals surface area contributed by atoms with Gasteiger partial charge >= 0.3 is 11.9 Å². The van der Waals surface area contributed by atoms with Crippen molar-refractivity contribution in [1.82, 2.24) is 0 Å². The predicted octanol–water partition coefficient (Wildman–Crippen LogP) is 0.824. The van der Waals surface area contributed by atoms with E-state index in [-0.39, 0.29) is 11.5 Å². The Morgan fingerprint density at radius 2 is 1.23 bits per heavy atom. The van der Waals surface area contributed by atoms with Gasteiger partial charge in [0.1, 0.15) is 0 Å². The Morgan fingerprint density at radius 3 is 1.23 bits per heavy atom. The number of hydrogen-bond acceptors (Lipinski definition) is 6. The van der Waals surface area contributed by atoms with Gasteiger partial charge in [-0.2, -0.15) is 25.3 Å². The minimum absolute atomic E-state index is 0.0833. The smallest absolute Gasteiger partial charge is 0.313 e. The summed E-state index contributed by atoms with van der Waals surface area (Å²) in [7, 11) is 0. The summed E-state index contributed by atoms with van der Waals surface area (Å²) >= 11 is 7.58. The maximum atomic E-state index is 9.29. The SMILES string of the molecule is CSO.O=C(O)CS.O=C(O)CS. The van der Waals surface area contributed by atoms with Gasteiger partial charge in [-0.05, 0) is 12.0 Å². The summed E-state index contributed by atoms with van der Waals surface area (Å²) in [5, 5.41) is 15.3. The van der Waals surface area contributed by atoms with Crippen LogP contribution in [0.1, 0.15) is 0 Å². The topological polar surface area (TPSA) is 94.8 Å². The van der Waals surface area contributed by atoms with E-state index in [0.29, 0.717) is 0 Å². The number of carbonyl (C=O) groups is 2. The van der Waals surface area contributed by atoms with Crippen molar-refractivity contribution in [1.29, 1.82) is 0 Å². The van der Waals surface area contributed by atoms with Gasteiger partial charge in [-0.25, -0.2) is 0 Å². The second-order valence-electron chi connectivity index (χ2n) is 1.29. The van der Waals surface area contributed by atoms with E-state index in [9.17, 15) is 9.59 Å². The van der Waals surface area contributed by atoms with Gasteiger partial charge in [-0.15, -0.1) is 0 Å². The van der Waals surface area contributed by atoms with E-state index in [1.165, 1.54) is 0 Å². The maximum Gasteiger partial charge on any atom is 0.313 e. The highest BCUT2D eigenvalue weighted by Crippen LogP contribution is 1.69. The zero-order valence-corrected chi connectivity index (χ0v) is 9.48. The summed E-state index contributed by atoms with van der Waals surface area (Å²) < 4.78 is 7.49. The highest BCUT2D eigenvalue weighted by atomic mass is 32.2. The minimum atomic E-state index is -0.881. The molecule has 0 heterocycles. The average Bonchev–Trinajstić information content (AvgIpc) is 2.07. The lowest BCUT2D eigenvalue weighted by Gasteiger charge is -1.71. The molecule has 8 heteroatoms. The first-order chi connectivity index (χ1) is 5.95. The Labute approximate surface area is 91.6 Å². The van der Waals surface area contributed by atoms with Crippen LogP contribution >= 0.6 is 37.3 Å². The van der Waals surface area contributed by atoms with Gasteiger partial charge in [0.25, 0.3) is 0 Å². The molecule has 0 saturated heterocycles. The fourth-order valence-electron chi connectivity index (χ4n) is 0. The highest BCUT2D eigenvalue weighted by Gasteiger charge is 1.82. The molecule has 0 rings (SSSR count). The van der Waals surface area contributed by atoms with Crippen molar-refractivity contribution < 1.29 is 24.4 Å². The van der Waals surface area contributed by atoms with Crippen molar-refractivity contribution in [3.8, 4) is 0 Å². The molecule has 0 atom stereocenters. The average molecular weight is 248 g/mol. The molecule has 0 bridgehead atoms. The maximum absolute atomic E-state index is 9.29. The molecule has 0 saturated carbocycles. The van der Waals surface area contributed by atoms with Gasteiger partial charge in [0.05, 0.1) is 11.5 Å². The molecule has 0 aromatic heterocycles. The van der Waals surface area contributed by atoms with E-state index in [2.05, 4.69) is 25.3 Å². The molecule has 0 fully saturated rings. The first-order valence-electron chi connectivity index (χ1n) is 2.79. The van der Waals surface area contributed by atoms with Crippen molar-refractivity contribution >= 4 is 49.2 Å². The molecular weight excluding hydrogens is 236 g/mol. The standard InChI is InChI=1S/2C2H4O2S.CH4OS/c2*3-2(4)1-5;1-3-2/h2*5H,1H2,(H,3,4);2H,1H3. The van der Waals surface area contributed by atoms with Crippen LogP contribution in [0.15, 0.2) is 0 Å². The van der Waals surface area contributed by atoms with Crippen LogP contribution in [-0.2, 0) is 9.59 Å². The lowest BCUT2D eigenvalue weighted by molar-refractivity contribution is -0.134. The number of thiol groups is 2. The molecule has 0 unspecified atom stereocenters. The summed E-state index contributed by atoms with van der Waals surface area (Å²) in [5.74, 6) is -1.93. The number of aliphatic carboxylic acids is 2. The van der Waals surface area contributed by atoms with Crippen LogP contribution in [0.4, 0.5) is 0 Å². The van der Waals surface area contributed by atoms with Crippen molar-refractivity contribution in [3.63, 3.8) is 0 Å². The molecule has 0 aliphatic carbocycles. The molecule has 13 heavy (non-hydrogen) atoms. The molecule has 0 radical (unpaired) electrons. The summed E-state index contributed by atoms with van der Waals surface area (Å²) in [6, 6.07) is 0. The second kappa shape index (κ2) is 17.9. The van der Waals surface area contributed by atoms with E-state index in [1.54, 1.807) is 6.26 Å². The van der Waals surface area contributed by atoms with Crippen molar-refractivity contribution in [2.24, 2.45) is 0 Å². The van der Waals surface area contributed by atoms with Crippen LogP contribution in [0, 0.1) is 0 Å². The normalized spacial score (nSPS) is 7.08. The molecule has 0 aromatic carbocycles. The Bertz CT molecular complexity index is 115. The zero-order valence-electron chi connectivity index (χ0n) is 6.88. The third-order valence-electron chi connectivity index (χ3n) is 0.271. The quantitative estimate of drug-likeness (QED) is 0.367. The van der Waals surface area contributed by atoms with E-state index >= 15 is 0 Å². The van der Waals surface area contributed by atoms with E-state index in [4.69, 9.17) is 14.8 Å². The van der Waals surface area contributed by atoms with Crippen LogP contribution in [0.5, 0.6) is 0 Å². The third-order valence-corrected chi connectivity index (χ3v) is 0.812. The monoisotopic (exact) mass is 248 g/mol. The van der Waals surface area contributed by atoms with Crippen LogP contribution < -0.4 is 0 Å². The first-order valence-corrected chi connectivity index (χ1v) is 5.23. The van der Waals surface area contributed by atoms with Gasteiger partial charge in [0.15, 0.2) is 0 Å². The number of carboxylic acids is 2. The van der Waals surface area contributed by atoms with Crippen LogP contribution in [0.2, 0.25) is 0 Å². The summed E-state index contributed by atoms with van der Waals surface area (Å²) in [6.45, 7) is 0. The largest absolute Gasteiger partial charge is 0.481 e. The number of rotatable bonds is 2. The molecule has 5 nitrogen and oxygen atoms in total. The predicted molar refractivity (Wildman–Crippen MR) is 59.1 cm³/mol. The number of hydrogen-bond donors (Lipinski definition) is 5. The zero-order chi connectivity index (χ0) is 11.3. The molecule has 0 aliphatic heterocycles. The Balaban J connectivity index is -0.000000120. The molecule has 0 amide bonds. The van der Waals surface area contributed by atoms with Gasteiger partial charge in [0, 0.05) is 6.26 Å². The van der Waals surface area contributed by atoms with Gasteiger partial charge < -0.3 is 14.8 Å². The fraction of sp³-hybridized carbons (Fsp3) is 0.600. The summed E-state index contributed by atoms with van der Waals surface area (Å²) in [4.78, 5) is 18.6. The molecular formula is C5H12O5S3. The van der Waals surface area contributed by atoms with Crippen LogP contribution in [-0.4, -0.2) is 44.5 Å². The molecule has 0 spiro atoms. The van der Waals surface area contributed by atoms with E-state index in [1.807, 2.05) is 0 Å². The van der Waals surface area contributed by atoms with Gasteiger partial charge in [0.2, 0.25) is 0 Å². The Morgan fingerprint density at radius 1 is 1.15 bits per heavy atom. The molecule has 0 aliphatic rings. The molecule has 0 aromatic rings. The van der Waals surface area contributed by atoms with E-state index < -0.39 is 11.9 Å². The lowest BCUT2D eigenvalue weighted by Crippen LogP contribution is -1.92. The van der Waals surface area contributed by atoms with Gasteiger partial charge in [-0.3, -0.25) is 9.59 Å². The summed E-state index contributed by atoms with van der Waals surface area (Å²) in [5.41, 5.74) is 0. The fourth-order valence-corrected chi connectivity index (χ4v) is 0. The van der Waals surface area contributed by atoms with Crippen molar-refractivity contribution in [3.05, 3.63) is 0 Å². The van der Waals surface area contributed by atoms with Crippen LogP contribution in [0.25, 0.3) is 0 Å². The van der Waals surface area contributed by atoms with Gasteiger partial charge in [-0.1, -0.05) is 0 Å². The molecule has 80 valence electrons.